The van der Waals surface area contributed by atoms with E-state index in [1.54, 1.807) is 36.5 Å². The fourth-order valence-corrected chi connectivity index (χ4v) is 8.60. The van der Waals surface area contributed by atoms with E-state index in [1.165, 1.54) is 29.8 Å². The highest BCUT2D eigenvalue weighted by molar-refractivity contribution is 7.22. The molecule has 1 aliphatic rings. The van der Waals surface area contributed by atoms with Crippen molar-refractivity contribution in [3.05, 3.63) is 131 Å². The Kier molecular flexibility index (Phi) is 12.3. The fraction of sp³-hybridized carbons (Fsp3) is 0.261. The van der Waals surface area contributed by atoms with E-state index in [4.69, 9.17) is 25.8 Å². The molecule has 7 aromatic rings. The lowest BCUT2D eigenvalue weighted by molar-refractivity contribution is 0.134. The van der Waals surface area contributed by atoms with Crippen LogP contribution in [0.5, 0.6) is 23.1 Å². The van der Waals surface area contributed by atoms with Crippen molar-refractivity contribution in [3.63, 3.8) is 0 Å². The van der Waals surface area contributed by atoms with E-state index < -0.39 is 0 Å². The Hall–Kier alpha value is -5.66. The maximum atomic E-state index is 14.2. The summed E-state index contributed by atoms with van der Waals surface area (Å²) in [7, 11) is 2.15. The molecular formula is C46H44ClFN6O4S. The molecule has 1 N–H and O–H groups in total. The molecular weight excluding hydrogens is 787 g/mol. The lowest BCUT2D eigenvalue weighted by Crippen LogP contribution is -2.45. The van der Waals surface area contributed by atoms with Crippen molar-refractivity contribution >= 4 is 33.2 Å². The number of para-hydroxylation sites is 1. The zero-order valence-electron chi connectivity index (χ0n) is 33.1. The molecule has 59 heavy (non-hydrogen) atoms. The number of ether oxygens (including phenoxy) is 3. The summed E-state index contributed by atoms with van der Waals surface area (Å²) in [5.41, 5.74) is 5.80. The monoisotopic (exact) mass is 830 g/mol. The van der Waals surface area contributed by atoms with Crippen molar-refractivity contribution in [1.29, 1.82) is 0 Å². The molecule has 3 aromatic heterocycles. The van der Waals surface area contributed by atoms with Gasteiger partial charge in [0.05, 0.1) is 16.1 Å². The van der Waals surface area contributed by atoms with E-state index >= 15 is 0 Å². The number of aromatic nitrogens is 4. The topological polar surface area (TPSA) is 106 Å². The highest BCUT2D eigenvalue weighted by Gasteiger charge is 2.25. The molecule has 1 aliphatic heterocycles. The first-order valence-electron chi connectivity index (χ1n) is 19.6. The van der Waals surface area contributed by atoms with Crippen molar-refractivity contribution in [3.8, 4) is 56.1 Å². The number of piperazine rings is 1. The number of halogens is 2. The molecule has 1 atom stereocenters. The van der Waals surface area contributed by atoms with E-state index in [0.29, 0.717) is 52.5 Å². The van der Waals surface area contributed by atoms with Crippen LogP contribution in [0.3, 0.4) is 0 Å². The Bertz CT molecular complexity index is 2570. The first-order valence-corrected chi connectivity index (χ1v) is 20.7. The second kappa shape index (κ2) is 18.1. The third-order valence-electron chi connectivity index (χ3n) is 10.4. The number of hydrogen-bond acceptors (Lipinski definition) is 11. The van der Waals surface area contributed by atoms with Crippen LogP contribution in [0.4, 0.5) is 4.39 Å². The quantitative estimate of drug-likeness (QED) is 0.114. The number of thiophene rings is 1. The van der Waals surface area contributed by atoms with E-state index in [1.807, 2.05) is 62.4 Å². The molecule has 0 radical (unpaired) electrons. The predicted molar refractivity (Wildman–Crippen MR) is 231 cm³/mol. The lowest BCUT2D eigenvalue weighted by atomic mass is 9.96. The highest BCUT2D eigenvalue weighted by atomic mass is 35.5. The first-order chi connectivity index (χ1) is 28.7. The van der Waals surface area contributed by atoms with E-state index in [9.17, 15) is 9.50 Å². The fourth-order valence-electron chi connectivity index (χ4n) is 7.22. The Balaban J connectivity index is 1.05. The number of phenolic OH excluding ortho intramolecular Hbond substituents is 1. The van der Waals surface area contributed by atoms with Gasteiger partial charge in [-0.25, -0.2) is 24.3 Å². The molecule has 0 amide bonds. The smallest absolute Gasteiger partial charge is 0.226 e. The molecule has 0 spiro atoms. The largest absolute Gasteiger partial charge is 0.508 e. The third kappa shape index (κ3) is 9.31. The van der Waals surface area contributed by atoms with Crippen molar-refractivity contribution in [1.82, 2.24) is 29.7 Å². The second-order valence-corrected chi connectivity index (χ2v) is 16.0. The molecule has 10 nitrogen and oxygen atoms in total. The van der Waals surface area contributed by atoms with Gasteiger partial charge in [0, 0.05) is 61.3 Å². The van der Waals surface area contributed by atoms with Gasteiger partial charge in [-0.3, -0.25) is 4.90 Å². The number of likely N-dealkylation sites (N-methyl/N-ethyl adjacent to an activating group) is 1. The zero-order valence-corrected chi connectivity index (χ0v) is 34.6. The van der Waals surface area contributed by atoms with E-state index in [2.05, 4.69) is 36.8 Å². The van der Waals surface area contributed by atoms with Gasteiger partial charge in [-0.05, 0) is 85.6 Å². The van der Waals surface area contributed by atoms with Crippen molar-refractivity contribution in [2.45, 2.75) is 33.0 Å². The molecule has 0 saturated carbocycles. The van der Waals surface area contributed by atoms with Crippen LogP contribution >= 0.6 is 22.9 Å². The minimum Gasteiger partial charge on any atom is -0.508 e. The van der Waals surface area contributed by atoms with Gasteiger partial charge >= 0.3 is 0 Å². The average Bonchev–Trinajstić information content (AvgIpc) is 3.63. The SMILES string of the molecule is Cc1c(-c2c(-c3ccc(F)cc3)sc3ncnc(OC(C)Cc4ccccc4OCc4ccnc(-c5cccc(O)c5)n4)c23)ccc(OCCN2CCN(C)CC2)c1Cl. The van der Waals surface area contributed by atoms with Crippen LogP contribution in [0, 0.1) is 12.7 Å². The minimum absolute atomic E-state index is 0.149. The van der Waals surface area contributed by atoms with Gasteiger partial charge in [0.15, 0.2) is 5.82 Å². The molecule has 8 rings (SSSR count). The van der Waals surface area contributed by atoms with Gasteiger partial charge in [-0.1, -0.05) is 60.1 Å². The van der Waals surface area contributed by atoms with Gasteiger partial charge in [0.25, 0.3) is 0 Å². The Labute approximate surface area is 351 Å². The van der Waals surface area contributed by atoms with Crippen molar-refractivity contribution < 1.29 is 23.7 Å². The summed E-state index contributed by atoms with van der Waals surface area (Å²) in [5, 5.41) is 11.2. The van der Waals surface area contributed by atoms with Crippen LogP contribution in [0.25, 0.3) is 43.2 Å². The summed E-state index contributed by atoms with van der Waals surface area (Å²) in [4.78, 5) is 24.8. The predicted octanol–water partition coefficient (Wildman–Crippen LogP) is 9.50. The number of aromatic hydroxyl groups is 1. The average molecular weight is 831 g/mol. The van der Waals surface area contributed by atoms with Crippen LogP contribution < -0.4 is 14.2 Å². The van der Waals surface area contributed by atoms with Gasteiger partial charge in [-0.2, -0.15) is 0 Å². The summed E-state index contributed by atoms with van der Waals surface area (Å²) in [6.07, 6.45) is 3.40. The zero-order chi connectivity index (χ0) is 40.9. The summed E-state index contributed by atoms with van der Waals surface area (Å²) < 4.78 is 33.4. The normalized spacial score (nSPS) is 14.1. The van der Waals surface area contributed by atoms with Gasteiger partial charge in [0.2, 0.25) is 5.88 Å². The number of benzene rings is 4. The maximum absolute atomic E-state index is 14.2. The van der Waals surface area contributed by atoms with Crippen molar-refractivity contribution in [2.75, 3.05) is 46.4 Å². The molecule has 1 unspecified atom stereocenters. The Morgan fingerprint density at radius 2 is 1.69 bits per heavy atom. The molecule has 13 heteroatoms. The number of hydrogen-bond donors (Lipinski definition) is 1. The summed E-state index contributed by atoms with van der Waals surface area (Å²) in [5.74, 6) is 2.11. The summed E-state index contributed by atoms with van der Waals surface area (Å²) in [6, 6.07) is 26.9. The minimum atomic E-state index is -0.322. The lowest BCUT2D eigenvalue weighted by Gasteiger charge is -2.32. The second-order valence-electron chi connectivity index (χ2n) is 14.7. The summed E-state index contributed by atoms with van der Waals surface area (Å²) >= 11 is 8.58. The molecule has 0 bridgehead atoms. The maximum Gasteiger partial charge on any atom is 0.226 e. The standard InChI is InChI=1S/C46H44ClFN6O4S/c1-29(25-32-7-4-5-10-38(32)57-27-35-17-18-49-44(52-35)33-8-6-9-36(55)26-33)58-45-41-40(43(59-46(41)51-28-50-45)31-11-13-34(48)14-12-31)37-15-16-39(42(47)30(37)2)56-24-23-54-21-19-53(3)20-22-54/h4-18,26,28-29,55H,19-25,27H2,1-3H3. The summed E-state index contributed by atoms with van der Waals surface area (Å²) in [6.45, 7) is 9.69. The third-order valence-corrected chi connectivity index (χ3v) is 12.0. The van der Waals surface area contributed by atoms with E-state index in [-0.39, 0.29) is 24.3 Å². The van der Waals surface area contributed by atoms with Crippen LogP contribution in [0.2, 0.25) is 5.02 Å². The van der Waals surface area contributed by atoms with Gasteiger partial charge in [0.1, 0.15) is 53.5 Å². The van der Waals surface area contributed by atoms with Crippen LogP contribution in [-0.4, -0.2) is 87.3 Å². The number of phenols is 1. The molecule has 4 aromatic carbocycles. The Morgan fingerprint density at radius 1 is 0.881 bits per heavy atom. The Morgan fingerprint density at radius 3 is 2.51 bits per heavy atom. The van der Waals surface area contributed by atoms with E-state index in [0.717, 1.165) is 75.6 Å². The highest BCUT2D eigenvalue weighted by Crippen LogP contribution is 2.49. The molecule has 1 saturated heterocycles. The van der Waals surface area contributed by atoms with Crippen LogP contribution in [0.1, 0.15) is 23.7 Å². The first kappa shape index (κ1) is 40.1. The number of rotatable bonds is 14. The van der Waals surface area contributed by atoms with Gasteiger partial charge < -0.3 is 24.2 Å². The van der Waals surface area contributed by atoms with Crippen LogP contribution in [0.15, 0.2) is 104 Å². The van der Waals surface area contributed by atoms with Crippen LogP contribution in [-0.2, 0) is 13.0 Å². The van der Waals surface area contributed by atoms with Gasteiger partial charge in [-0.15, -0.1) is 11.3 Å². The molecule has 4 heterocycles. The molecule has 1 fully saturated rings. The number of fused-ring (bicyclic) bond motifs is 1. The molecule has 302 valence electrons. The molecule has 0 aliphatic carbocycles. The number of nitrogens with zero attached hydrogens (tertiary/aromatic N) is 6. The van der Waals surface area contributed by atoms with Crippen molar-refractivity contribution in [2.24, 2.45) is 0 Å².